The molecule has 1 aromatic carbocycles. The van der Waals surface area contributed by atoms with E-state index in [4.69, 9.17) is 9.26 Å². The highest BCUT2D eigenvalue weighted by molar-refractivity contribution is 5.94. The lowest BCUT2D eigenvalue weighted by atomic mass is 9.73. The highest BCUT2D eigenvalue weighted by Crippen LogP contribution is 2.38. The first-order valence-corrected chi connectivity index (χ1v) is 14.0. The number of nitrogens with zero attached hydrogens (tertiary/aromatic N) is 4. The van der Waals surface area contributed by atoms with Crippen molar-refractivity contribution in [2.75, 3.05) is 19.7 Å². The average Bonchev–Trinajstić information content (AvgIpc) is 3.45. The highest BCUT2D eigenvalue weighted by Gasteiger charge is 2.43. The van der Waals surface area contributed by atoms with Gasteiger partial charge in [-0.05, 0) is 77.5 Å². The van der Waals surface area contributed by atoms with Gasteiger partial charge in [0, 0.05) is 24.3 Å². The van der Waals surface area contributed by atoms with E-state index in [9.17, 15) is 9.59 Å². The van der Waals surface area contributed by atoms with Crippen molar-refractivity contribution in [1.82, 2.24) is 25.2 Å². The molecule has 2 aliphatic heterocycles. The van der Waals surface area contributed by atoms with Crippen LogP contribution in [0.4, 0.5) is 0 Å². The number of aromatic nitrogens is 3. The zero-order chi connectivity index (χ0) is 27.6. The number of benzene rings is 1. The van der Waals surface area contributed by atoms with E-state index < -0.39 is 5.41 Å². The number of ether oxygens (including phenoxy) is 1. The fourth-order valence-electron chi connectivity index (χ4n) is 5.87. The molecule has 3 aromatic rings. The highest BCUT2D eigenvalue weighted by atomic mass is 16.5. The Balaban J connectivity index is 1.28. The first-order valence-electron chi connectivity index (χ1n) is 14.0. The standard InChI is InChI=1S/C30H39N5O4/c1-20-17-22(3)35(32-20)18-25-23(4)39-33-27(25)28(36)34-15-13-30(14-16-34)12-8-7-10-24-9-5-6-11-26(24)38-19-21(2)31-29(30)37/h5-6,9,11,17,21H,7-8,10,12-16,18-19H2,1-4H3,(H,31,37)/t21-/m1/s1. The topological polar surface area (TPSA) is 102 Å². The Morgan fingerprint density at radius 1 is 1.13 bits per heavy atom. The second-order valence-corrected chi connectivity index (χ2v) is 11.2. The predicted molar refractivity (Wildman–Crippen MR) is 147 cm³/mol. The van der Waals surface area contributed by atoms with Crippen molar-refractivity contribution in [2.45, 2.75) is 78.8 Å². The van der Waals surface area contributed by atoms with Gasteiger partial charge in [0.2, 0.25) is 5.91 Å². The van der Waals surface area contributed by atoms with Crippen LogP contribution < -0.4 is 10.1 Å². The van der Waals surface area contributed by atoms with Gasteiger partial charge >= 0.3 is 0 Å². The SMILES string of the molecule is Cc1cc(C)n(Cc2c(C(=O)N3CCC4(CCCCc5ccccc5OC[C@@H](C)NC4=O)CC3)noc2C)n1. The van der Waals surface area contributed by atoms with Gasteiger partial charge in [-0.15, -0.1) is 0 Å². The van der Waals surface area contributed by atoms with Crippen LogP contribution in [0.3, 0.4) is 0 Å². The molecular formula is C30H39N5O4. The van der Waals surface area contributed by atoms with E-state index >= 15 is 0 Å². The number of nitrogens with one attached hydrogen (secondary N) is 1. The summed E-state index contributed by atoms with van der Waals surface area (Å²) < 4.78 is 13.4. The van der Waals surface area contributed by atoms with Crippen LogP contribution >= 0.6 is 0 Å². The maximum Gasteiger partial charge on any atom is 0.276 e. The Morgan fingerprint density at radius 2 is 1.90 bits per heavy atom. The number of likely N-dealkylation sites (tertiary alicyclic amines) is 1. The third-order valence-electron chi connectivity index (χ3n) is 8.28. The van der Waals surface area contributed by atoms with Gasteiger partial charge in [0.05, 0.1) is 23.7 Å². The van der Waals surface area contributed by atoms with Crippen LogP contribution in [0.1, 0.15) is 77.8 Å². The molecule has 208 valence electrons. The lowest BCUT2D eigenvalue weighted by Gasteiger charge is -2.41. The summed E-state index contributed by atoms with van der Waals surface area (Å²) in [6.07, 6.45) is 4.91. The van der Waals surface area contributed by atoms with E-state index in [2.05, 4.69) is 21.6 Å². The molecular weight excluding hydrogens is 494 g/mol. The number of carbonyl (C=O) groups excluding carboxylic acids is 2. The molecule has 0 saturated carbocycles. The van der Waals surface area contributed by atoms with Gasteiger partial charge < -0.3 is 19.5 Å². The van der Waals surface area contributed by atoms with Crippen molar-refractivity contribution in [3.8, 4) is 5.75 Å². The largest absolute Gasteiger partial charge is 0.491 e. The quantitative estimate of drug-likeness (QED) is 0.536. The lowest BCUT2D eigenvalue weighted by Crippen LogP contribution is -2.52. The number of amides is 2. The van der Waals surface area contributed by atoms with Crippen molar-refractivity contribution in [2.24, 2.45) is 5.41 Å². The molecule has 0 radical (unpaired) electrons. The van der Waals surface area contributed by atoms with E-state index in [-0.39, 0.29) is 17.9 Å². The molecule has 2 aliphatic rings. The van der Waals surface area contributed by atoms with Gasteiger partial charge in [0.15, 0.2) is 5.69 Å². The number of piperidine rings is 1. The van der Waals surface area contributed by atoms with Gasteiger partial charge in [-0.3, -0.25) is 14.3 Å². The summed E-state index contributed by atoms with van der Waals surface area (Å²) in [5.41, 5.74) is 3.76. The average molecular weight is 534 g/mol. The Kier molecular flexibility index (Phi) is 7.77. The summed E-state index contributed by atoms with van der Waals surface area (Å²) in [7, 11) is 0. The number of fused-ring (bicyclic) bond motifs is 1. The summed E-state index contributed by atoms with van der Waals surface area (Å²) >= 11 is 0. The predicted octanol–water partition coefficient (Wildman–Crippen LogP) is 4.38. The van der Waals surface area contributed by atoms with Crippen molar-refractivity contribution in [1.29, 1.82) is 0 Å². The van der Waals surface area contributed by atoms with Crippen LogP contribution in [0.2, 0.25) is 0 Å². The maximum atomic E-state index is 13.6. The summed E-state index contributed by atoms with van der Waals surface area (Å²) in [6, 6.07) is 10.1. The van der Waals surface area contributed by atoms with Gasteiger partial charge in [-0.25, -0.2) is 0 Å². The molecule has 39 heavy (non-hydrogen) atoms. The van der Waals surface area contributed by atoms with Crippen LogP contribution in [0.25, 0.3) is 0 Å². The molecule has 1 atom stereocenters. The Bertz CT molecular complexity index is 1330. The first-order chi connectivity index (χ1) is 18.8. The number of aryl methyl sites for hydroxylation is 4. The Morgan fingerprint density at radius 3 is 2.64 bits per heavy atom. The molecule has 1 fully saturated rings. The van der Waals surface area contributed by atoms with Crippen molar-refractivity contribution < 1.29 is 18.8 Å². The minimum absolute atomic E-state index is 0.0713. The minimum atomic E-state index is -0.490. The van der Waals surface area contributed by atoms with Crippen molar-refractivity contribution in [3.05, 3.63) is 64.3 Å². The molecule has 1 N–H and O–H groups in total. The second kappa shape index (κ2) is 11.2. The van der Waals surface area contributed by atoms with Gasteiger partial charge in [-0.2, -0.15) is 5.10 Å². The van der Waals surface area contributed by atoms with Gasteiger partial charge in [0.25, 0.3) is 5.91 Å². The van der Waals surface area contributed by atoms with Crippen LogP contribution in [-0.4, -0.2) is 57.4 Å². The van der Waals surface area contributed by atoms with Crippen LogP contribution in [0.15, 0.2) is 34.9 Å². The van der Waals surface area contributed by atoms with Crippen molar-refractivity contribution in [3.63, 3.8) is 0 Å². The fraction of sp³-hybridized carbons (Fsp3) is 0.533. The van der Waals surface area contributed by atoms with Crippen LogP contribution in [0, 0.1) is 26.2 Å². The molecule has 0 bridgehead atoms. The van der Waals surface area contributed by atoms with E-state index in [1.54, 1.807) is 0 Å². The van der Waals surface area contributed by atoms with Crippen molar-refractivity contribution >= 4 is 11.8 Å². The third kappa shape index (κ3) is 5.72. The summed E-state index contributed by atoms with van der Waals surface area (Å²) in [4.78, 5) is 29.0. The monoisotopic (exact) mass is 533 g/mol. The molecule has 2 amide bonds. The summed E-state index contributed by atoms with van der Waals surface area (Å²) in [5.74, 6) is 1.45. The maximum absolute atomic E-state index is 13.6. The lowest BCUT2D eigenvalue weighted by molar-refractivity contribution is -0.135. The zero-order valence-electron chi connectivity index (χ0n) is 23.5. The summed E-state index contributed by atoms with van der Waals surface area (Å²) in [6.45, 7) is 9.62. The fourth-order valence-corrected chi connectivity index (χ4v) is 5.87. The number of hydrogen-bond donors (Lipinski definition) is 1. The van der Waals surface area contributed by atoms with Gasteiger partial charge in [-0.1, -0.05) is 29.8 Å². The normalized spacial score (nSPS) is 19.9. The van der Waals surface area contributed by atoms with Crippen LogP contribution in [0.5, 0.6) is 5.75 Å². The zero-order valence-corrected chi connectivity index (χ0v) is 23.5. The molecule has 4 heterocycles. The second-order valence-electron chi connectivity index (χ2n) is 11.2. The Labute approximate surface area is 229 Å². The number of hydrogen-bond acceptors (Lipinski definition) is 6. The molecule has 0 unspecified atom stereocenters. The molecule has 1 spiro atoms. The first kappa shape index (κ1) is 27.0. The van der Waals surface area contributed by atoms with E-state index in [0.717, 1.165) is 48.4 Å². The van der Waals surface area contributed by atoms with Gasteiger partial charge in [0.1, 0.15) is 18.1 Å². The number of rotatable bonds is 3. The molecule has 2 aromatic heterocycles. The summed E-state index contributed by atoms with van der Waals surface area (Å²) in [5, 5.41) is 11.9. The molecule has 9 nitrogen and oxygen atoms in total. The molecule has 0 aliphatic carbocycles. The Hall–Kier alpha value is -3.62. The van der Waals surface area contributed by atoms with Crippen LogP contribution in [-0.2, 0) is 17.8 Å². The third-order valence-corrected chi connectivity index (χ3v) is 8.28. The van der Waals surface area contributed by atoms with E-state index in [0.29, 0.717) is 50.5 Å². The smallest absolute Gasteiger partial charge is 0.276 e. The minimum Gasteiger partial charge on any atom is -0.491 e. The molecule has 5 rings (SSSR count). The van der Waals surface area contributed by atoms with E-state index in [1.165, 1.54) is 5.56 Å². The van der Waals surface area contributed by atoms with E-state index in [1.807, 2.05) is 61.5 Å². The number of para-hydroxylation sites is 1. The molecule has 1 saturated heterocycles. The number of carbonyl (C=O) groups is 2. The molecule has 9 heteroatoms.